The summed E-state index contributed by atoms with van der Waals surface area (Å²) in [4.78, 5) is 35.2. The second-order valence-electron chi connectivity index (χ2n) is 11.2. The van der Waals surface area contributed by atoms with Gasteiger partial charge in [-0.1, -0.05) is 30.3 Å². The third-order valence-electron chi connectivity index (χ3n) is 8.56. The van der Waals surface area contributed by atoms with E-state index in [0.717, 1.165) is 44.3 Å². The van der Waals surface area contributed by atoms with Gasteiger partial charge in [0.2, 0.25) is 11.8 Å². The van der Waals surface area contributed by atoms with E-state index in [2.05, 4.69) is 31.8 Å². The van der Waals surface area contributed by atoms with Crippen LogP contribution in [-0.4, -0.2) is 81.7 Å². The van der Waals surface area contributed by atoms with Gasteiger partial charge in [-0.3, -0.25) is 4.90 Å². The summed E-state index contributed by atoms with van der Waals surface area (Å²) in [5.41, 5.74) is 1.78. The number of carboxylic acid groups (broad SMARTS) is 1. The van der Waals surface area contributed by atoms with Crippen LogP contribution in [0.4, 0.5) is 9.18 Å². The number of benzene rings is 2. The Labute approximate surface area is 244 Å². The lowest BCUT2D eigenvalue weighted by Gasteiger charge is -2.39. The maximum Gasteiger partial charge on any atom is 0.335 e. The minimum atomic E-state index is -1.03. The highest BCUT2D eigenvalue weighted by atomic mass is 19.1. The quantitative estimate of drug-likeness (QED) is 0.363. The van der Waals surface area contributed by atoms with Crippen LogP contribution in [0.5, 0.6) is 11.6 Å². The normalized spacial score (nSPS) is 20.7. The van der Waals surface area contributed by atoms with E-state index in [4.69, 9.17) is 14.6 Å². The number of rotatable bonds is 8. The summed E-state index contributed by atoms with van der Waals surface area (Å²) in [5.74, 6) is -1.14. The van der Waals surface area contributed by atoms with Gasteiger partial charge in [-0.25, -0.2) is 9.59 Å². The van der Waals surface area contributed by atoms with Gasteiger partial charge in [0.25, 0.3) is 0 Å². The zero-order valence-electron chi connectivity index (χ0n) is 23.4. The van der Waals surface area contributed by atoms with E-state index in [9.17, 15) is 14.0 Å². The molecule has 0 bridgehead atoms. The van der Waals surface area contributed by atoms with E-state index in [-0.39, 0.29) is 35.6 Å². The van der Waals surface area contributed by atoms with Crippen molar-refractivity contribution < 1.29 is 28.6 Å². The molecule has 1 N–H and O–H groups in total. The lowest BCUT2D eigenvalue weighted by molar-refractivity contribution is 0.0493. The number of carboxylic acids is 1. The van der Waals surface area contributed by atoms with Gasteiger partial charge < -0.3 is 24.4 Å². The maximum absolute atomic E-state index is 14.9. The molecule has 0 saturated carbocycles. The topological polar surface area (TPSA) is 95.4 Å². The minimum absolute atomic E-state index is 0.0209. The van der Waals surface area contributed by atoms with Gasteiger partial charge in [0.05, 0.1) is 11.6 Å². The Morgan fingerprint density at radius 1 is 0.952 bits per heavy atom. The van der Waals surface area contributed by atoms with E-state index in [0.29, 0.717) is 37.6 Å². The molecule has 0 radical (unpaired) electrons. The van der Waals surface area contributed by atoms with E-state index in [1.807, 2.05) is 18.2 Å². The Morgan fingerprint density at radius 3 is 2.33 bits per heavy atom. The van der Waals surface area contributed by atoms with Crippen molar-refractivity contribution in [1.82, 2.24) is 19.7 Å². The highest BCUT2D eigenvalue weighted by Gasteiger charge is 2.45. The second kappa shape index (κ2) is 12.5. The number of nitrogens with zero attached hydrogens (tertiary/aromatic N) is 4. The predicted molar refractivity (Wildman–Crippen MR) is 153 cm³/mol. The van der Waals surface area contributed by atoms with Gasteiger partial charge in [-0.15, -0.1) is 0 Å². The third-order valence-corrected chi connectivity index (χ3v) is 8.56. The predicted octanol–water partition coefficient (Wildman–Crippen LogP) is 5.33. The van der Waals surface area contributed by atoms with E-state index >= 15 is 0 Å². The molecule has 3 fully saturated rings. The minimum Gasteiger partial charge on any atom is -0.478 e. The Balaban J connectivity index is 1.08. The number of likely N-dealkylation sites (tertiary alicyclic amines) is 1. The van der Waals surface area contributed by atoms with Crippen molar-refractivity contribution in [2.75, 3.05) is 32.8 Å². The number of aromatic nitrogens is 1. The molecule has 2 aromatic carbocycles. The van der Waals surface area contributed by atoms with Crippen LogP contribution >= 0.6 is 0 Å². The molecule has 1 aromatic heterocycles. The fourth-order valence-corrected chi connectivity index (χ4v) is 6.29. The van der Waals surface area contributed by atoms with Crippen LogP contribution in [0.2, 0.25) is 0 Å². The number of amides is 2. The highest BCUT2D eigenvalue weighted by Crippen LogP contribution is 2.37. The highest BCUT2D eigenvalue weighted by molar-refractivity contribution is 5.87. The van der Waals surface area contributed by atoms with Gasteiger partial charge >= 0.3 is 12.0 Å². The monoisotopic (exact) mass is 574 g/mol. The molecule has 3 saturated heterocycles. The zero-order valence-corrected chi connectivity index (χ0v) is 23.4. The fraction of sp³-hybridized carbons (Fsp3) is 0.406. The third kappa shape index (κ3) is 6.10. The van der Waals surface area contributed by atoms with Gasteiger partial charge in [0, 0.05) is 63.1 Å². The number of urea groups is 1. The largest absolute Gasteiger partial charge is 0.478 e. The summed E-state index contributed by atoms with van der Waals surface area (Å²) < 4.78 is 26.1. The molecule has 220 valence electrons. The maximum atomic E-state index is 14.9. The van der Waals surface area contributed by atoms with E-state index in [1.54, 1.807) is 12.1 Å². The van der Waals surface area contributed by atoms with Crippen LogP contribution < -0.4 is 4.74 Å². The number of carbonyl (C=O) groups excluding carboxylic acids is 1. The Hall–Kier alpha value is -4.02. The smallest absolute Gasteiger partial charge is 0.335 e. The van der Waals surface area contributed by atoms with Crippen molar-refractivity contribution in [1.29, 1.82) is 0 Å². The molecular weight excluding hydrogens is 539 g/mol. The number of aromatic carboxylic acids is 1. The van der Waals surface area contributed by atoms with E-state index < -0.39 is 11.9 Å². The first kappa shape index (κ1) is 28.1. The van der Waals surface area contributed by atoms with Gasteiger partial charge in [-0.2, -0.15) is 9.37 Å². The number of piperidine rings is 1. The standard InChI is InChI=1S/C32H35FN4O5/c33-30-24(8-11-29(34-30)42-27-9-6-23(7-10-27)31(38)39)20-35-16-12-26(13-17-35)37-28(22-4-2-1-3-5-22)21-36(32(37)40)25-14-18-41-19-15-25/h1-11,25-26,28H,12-21H2,(H,38,39)/t28-/m0/s1. The zero-order chi connectivity index (χ0) is 29.1. The van der Waals surface area contributed by atoms with Crippen molar-refractivity contribution in [3.8, 4) is 11.6 Å². The van der Waals surface area contributed by atoms with Crippen LogP contribution in [0.15, 0.2) is 66.7 Å². The number of hydrogen-bond acceptors (Lipinski definition) is 6. The first-order valence-electron chi connectivity index (χ1n) is 14.6. The van der Waals surface area contributed by atoms with Gasteiger partial charge in [0.15, 0.2) is 0 Å². The molecule has 0 unspecified atom stereocenters. The summed E-state index contributed by atoms with van der Waals surface area (Å²) in [6.07, 6.45) is 3.39. The molecule has 3 aliphatic rings. The molecule has 9 nitrogen and oxygen atoms in total. The number of hydrogen-bond donors (Lipinski definition) is 1. The van der Waals surface area contributed by atoms with Crippen molar-refractivity contribution in [3.63, 3.8) is 0 Å². The fourth-order valence-electron chi connectivity index (χ4n) is 6.29. The SMILES string of the molecule is O=C(O)c1ccc(Oc2ccc(CN3CCC(N4C(=O)N(C5CCOCC5)C[C@H]4c4ccccc4)CC3)c(F)n2)cc1. The molecule has 6 rings (SSSR count). The summed E-state index contributed by atoms with van der Waals surface area (Å²) in [6, 6.07) is 19.9. The number of pyridine rings is 1. The van der Waals surface area contributed by atoms with E-state index in [1.165, 1.54) is 24.3 Å². The first-order chi connectivity index (χ1) is 20.5. The van der Waals surface area contributed by atoms with Gasteiger partial charge in [-0.05, 0) is 61.6 Å². The number of carbonyl (C=O) groups is 2. The molecule has 3 aliphatic heterocycles. The van der Waals surface area contributed by atoms with Crippen molar-refractivity contribution in [2.24, 2.45) is 0 Å². The summed E-state index contributed by atoms with van der Waals surface area (Å²) in [6.45, 7) is 4.01. The molecular formula is C32H35FN4O5. The average molecular weight is 575 g/mol. The van der Waals surface area contributed by atoms with Crippen LogP contribution in [-0.2, 0) is 11.3 Å². The van der Waals surface area contributed by atoms with Crippen molar-refractivity contribution in [2.45, 2.75) is 50.4 Å². The molecule has 3 aromatic rings. The Kier molecular flexibility index (Phi) is 8.34. The molecule has 10 heteroatoms. The first-order valence-corrected chi connectivity index (χ1v) is 14.6. The van der Waals surface area contributed by atoms with Crippen LogP contribution in [0.1, 0.15) is 53.2 Å². The molecule has 0 aliphatic carbocycles. The van der Waals surface area contributed by atoms with Crippen molar-refractivity contribution in [3.05, 3.63) is 89.4 Å². The van der Waals surface area contributed by atoms with Crippen LogP contribution in [0.25, 0.3) is 0 Å². The average Bonchev–Trinajstić information content (AvgIpc) is 3.37. The lowest BCUT2D eigenvalue weighted by atomic mass is 9.98. The summed E-state index contributed by atoms with van der Waals surface area (Å²) in [7, 11) is 0. The van der Waals surface area contributed by atoms with Gasteiger partial charge in [0.1, 0.15) is 5.75 Å². The Bertz CT molecular complexity index is 1390. The molecule has 1 atom stereocenters. The number of ether oxygens (including phenoxy) is 2. The summed E-state index contributed by atoms with van der Waals surface area (Å²) >= 11 is 0. The summed E-state index contributed by atoms with van der Waals surface area (Å²) in [5, 5.41) is 9.04. The number of halogens is 1. The van der Waals surface area contributed by atoms with Crippen molar-refractivity contribution >= 4 is 12.0 Å². The molecule has 42 heavy (non-hydrogen) atoms. The second-order valence-corrected chi connectivity index (χ2v) is 11.2. The molecule has 0 spiro atoms. The van der Waals surface area contributed by atoms with Crippen LogP contribution in [0, 0.1) is 5.95 Å². The lowest BCUT2D eigenvalue weighted by Crippen LogP contribution is -2.48. The van der Waals surface area contributed by atoms with Crippen LogP contribution in [0.3, 0.4) is 0 Å². The Morgan fingerprint density at radius 2 is 1.67 bits per heavy atom. The molecule has 4 heterocycles. The molecule has 2 amide bonds.